The van der Waals surface area contributed by atoms with Crippen molar-refractivity contribution in [2.75, 3.05) is 18.7 Å². The second-order valence-electron chi connectivity index (χ2n) is 8.18. The van der Waals surface area contributed by atoms with Crippen LogP contribution in [0.4, 0.5) is 10.5 Å². The predicted octanol–water partition coefficient (Wildman–Crippen LogP) is 5.60. The molecule has 3 amide bonds. The number of halogens is 1. The summed E-state index contributed by atoms with van der Waals surface area (Å²) >= 11 is 7.62. The van der Waals surface area contributed by atoms with Crippen molar-refractivity contribution in [1.29, 1.82) is 0 Å². The van der Waals surface area contributed by atoms with Gasteiger partial charge in [-0.3, -0.25) is 4.79 Å². The Labute approximate surface area is 207 Å². The molecule has 0 radical (unpaired) electrons. The number of carbonyl (C=O) groups is 2. The van der Waals surface area contributed by atoms with Gasteiger partial charge in [0, 0.05) is 28.2 Å². The minimum atomic E-state index is -0.357. The molecule has 178 valence electrons. The third-order valence-corrected chi connectivity index (χ3v) is 6.45. The molecule has 0 saturated heterocycles. The van der Waals surface area contributed by atoms with Crippen molar-refractivity contribution in [3.63, 3.8) is 0 Å². The number of rotatable bonds is 8. The van der Waals surface area contributed by atoms with Crippen LogP contribution in [-0.2, 0) is 17.9 Å². The Morgan fingerprint density at radius 1 is 1.06 bits per heavy atom. The first-order chi connectivity index (χ1) is 16.4. The van der Waals surface area contributed by atoms with Gasteiger partial charge in [-0.1, -0.05) is 29.8 Å². The van der Waals surface area contributed by atoms with E-state index in [1.165, 1.54) is 4.90 Å². The van der Waals surface area contributed by atoms with Crippen molar-refractivity contribution < 1.29 is 19.1 Å². The highest BCUT2D eigenvalue weighted by atomic mass is 35.5. The van der Waals surface area contributed by atoms with Crippen molar-refractivity contribution in [3.05, 3.63) is 75.4 Å². The highest BCUT2D eigenvalue weighted by molar-refractivity contribution is 7.09. The van der Waals surface area contributed by atoms with Crippen molar-refractivity contribution >= 4 is 40.6 Å². The number of ether oxygens (including phenoxy) is 2. The molecule has 0 fully saturated rings. The smallest absolute Gasteiger partial charge is 0.322 e. The third-order valence-electron chi connectivity index (χ3n) is 5.36. The molecule has 2 heterocycles. The summed E-state index contributed by atoms with van der Waals surface area (Å²) in [5.41, 5.74) is 1.50. The summed E-state index contributed by atoms with van der Waals surface area (Å²) in [6.45, 7) is 4.74. The van der Waals surface area contributed by atoms with Crippen molar-refractivity contribution in [1.82, 2.24) is 9.80 Å². The van der Waals surface area contributed by atoms with Gasteiger partial charge in [-0.25, -0.2) is 4.79 Å². The summed E-state index contributed by atoms with van der Waals surface area (Å²) in [7, 11) is 0. The van der Waals surface area contributed by atoms with Gasteiger partial charge in [0.25, 0.3) is 0 Å². The van der Waals surface area contributed by atoms with E-state index in [1.54, 1.807) is 40.5 Å². The van der Waals surface area contributed by atoms with Crippen molar-refractivity contribution in [2.45, 2.75) is 33.0 Å². The number of nitrogens with zero attached hydrogens (tertiary/aromatic N) is 2. The summed E-state index contributed by atoms with van der Waals surface area (Å²) in [5.74, 6) is 1.22. The van der Waals surface area contributed by atoms with Crippen LogP contribution in [0.3, 0.4) is 0 Å². The first kappa shape index (κ1) is 23.9. The Bertz CT molecular complexity index is 1150. The molecule has 1 aromatic heterocycles. The molecule has 9 heteroatoms. The zero-order chi connectivity index (χ0) is 24.1. The zero-order valence-electron chi connectivity index (χ0n) is 19.0. The number of hydrogen-bond donors (Lipinski definition) is 1. The van der Waals surface area contributed by atoms with E-state index in [4.69, 9.17) is 21.1 Å². The first-order valence-electron chi connectivity index (χ1n) is 10.9. The van der Waals surface area contributed by atoms with Crippen LogP contribution in [0.25, 0.3) is 0 Å². The van der Waals surface area contributed by atoms with E-state index in [2.05, 4.69) is 5.32 Å². The Hall–Kier alpha value is -3.23. The lowest BCUT2D eigenvalue weighted by Crippen LogP contribution is -2.47. The molecule has 0 unspecified atom stereocenters. The quantitative estimate of drug-likeness (QED) is 0.438. The molecule has 34 heavy (non-hydrogen) atoms. The van der Waals surface area contributed by atoms with Crippen LogP contribution in [0.1, 0.15) is 24.3 Å². The molecule has 0 saturated carbocycles. The van der Waals surface area contributed by atoms with E-state index in [1.807, 2.05) is 49.6 Å². The van der Waals surface area contributed by atoms with E-state index in [-0.39, 0.29) is 31.3 Å². The van der Waals surface area contributed by atoms with Gasteiger partial charge in [-0.05, 0) is 61.2 Å². The van der Waals surface area contributed by atoms with Crippen LogP contribution in [0.15, 0.2) is 60.0 Å². The third kappa shape index (κ3) is 6.01. The van der Waals surface area contributed by atoms with Gasteiger partial charge in [-0.15, -0.1) is 11.3 Å². The van der Waals surface area contributed by atoms with E-state index >= 15 is 0 Å². The number of carbonyl (C=O) groups excluding carboxylic acids is 2. The standard InChI is InChI=1S/C25H26ClN3O4S/c1-17(2)29(25(31)27-20-6-3-5-19(26)12-20)15-24(30)28(14-21-7-4-10-34-21)13-18-8-9-22-23(11-18)33-16-32-22/h3-12,17H,13-16H2,1-2H3,(H,27,31). The zero-order valence-corrected chi connectivity index (χ0v) is 20.6. The van der Waals surface area contributed by atoms with Crippen LogP contribution in [0.5, 0.6) is 11.5 Å². The van der Waals surface area contributed by atoms with Gasteiger partial charge in [0.15, 0.2) is 11.5 Å². The molecule has 7 nitrogen and oxygen atoms in total. The number of amides is 3. The number of hydrogen-bond acceptors (Lipinski definition) is 5. The number of fused-ring (bicyclic) bond motifs is 1. The molecule has 3 aromatic rings. The summed E-state index contributed by atoms with van der Waals surface area (Å²) in [5, 5.41) is 5.34. The van der Waals surface area contributed by atoms with E-state index in [0.29, 0.717) is 35.3 Å². The maximum absolute atomic E-state index is 13.5. The van der Waals surface area contributed by atoms with Gasteiger partial charge in [0.2, 0.25) is 12.7 Å². The lowest BCUT2D eigenvalue weighted by molar-refractivity contribution is -0.133. The molecule has 0 bridgehead atoms. The highest BCUT2D eigenvalue weighted by Gasteiger charge is 2.25. The largest absolute Gasteiger partial charge is 0.454 e. The maximum Gasteiger partial charge on any atom is 0.322 e. The number of benzene rings is 2. The van der Waals surface area contributed by atoms with Crippen LogP contribution in [-0.4, -0.2) is 41.1 Å². The summed E-state index contributed by atoms with van der Waals surface area (Å²) in [4.78, 5) is 30.8. The predicted molar refractivity (Wildman–Crippen MR) is 133 cm³/mol. The number of urea groups is 1. The number of nitrogens with one attached hydrogen (secondary N) is 1. The minimum absolute atomic E-state index is 0.0556. The maximum atomic E-state index is 13.5. The summed E-state index contributed by atoms with van der Waals surface area (Å²) in [6, 6.07) is 16.0. The fourth-order valence-electron chi connectivity index (χ4n) is 3.58. The Kier molecular flexibility index (Phi) is 7.59. The normalized spacial score (nSPS) is 12.0. The fraction of sp³-hybridized carbons (Fsp3) is 0.280. The second-order valence-corrected chi connectivity index (χ2v) is 9.65. The molecular formula is C25H26ClN3O4S. The second kappa shape index (κ2) is 10.8. The molecule has 0 spiro atoms. The van der Waals surface area contributed by atoms with Gasteiger partial charge in [0.1, 0.15) is 6.54 Å². The number of anilines is 1. The van der Waals surface area contributed by atoms with Crippen LogP contribution < -0.4 is 14.8 Å². The molecule has 0 atom stereocenters. The van der Waals surface area contributed by atoms with E-state index < -0.39 is 0 Å². The first-order valence-corrected chi connectivity index (χ1v) is 12.2. The van der Waals surface area contributed by atoms with Gasteiger partial charge < -0.3 is 24.6 Å². The van der Waals surface area contributed by atoms with Crippen LogP contribution >= 0.6 is 22.9 Å². The highest BCUT2D eigenvalue weighted by Crippen LogP contribution is 2.33. The molecule has 0 aliphatic carbocycles. The lowest BCUT2D eigenvalue weighted by Gasteiger charge is -2.30. The van der Waals surface area contributed by atoms with Crippen LogP contribution in [0, 0.1) is 0 Å². The average molecular weight is 500 g/mol. The molecule has 1 aliphatic heterocycles. The van der Waals surface area contributed by atoms with Crippen molar-refractivity contribution in [3.8, 4) is 11.5 Å². The Morgan fingerprint density at radius 3 is 2.62 bits per heavy atom. The SMILES string of the molecule is CC(C)N(CC(=O)N(Cc1ccc2c(c1)OCO2)Cc1cccs1)C(=O)Nc1cccc(Cl)c1. The molecule has 2 aromatic carbocycles. The number of thiophene rings is 1. The topological polar surface area (TPSA) is 71.1 Å². The summed E-state index contributed by atoms with van der Waals surface area (Å²) in [6.07, 6.45) is 0. The molecule has 1 aliphatic rings. The van der Waals surface area contributed by atoms with Gasteiger partial charge in [-0.2, -0.15) is 0 Å². The molecule has 1 N–H and O–H groups in total. The monoisotopic (exact) mass is 499 g/mol. The minimum Gasteiger partial charge on any atom is -0.454 e. The van der Waals surface area contributed by atoms with E-state index in [9.17, 15) is 9.59 Å². The molecule has 4 rings (SSSR count). The lowest BCUT2D eigenvalue weighted by atomic mass is 10.2. The van der Waals surface area contributed by atoms with Gasteiger partial charge in [0.05, 0.1) is 6.54 Å². The van der Waals surface area contributed by atoms with Gasteiger partial charge >= 0.3 is 6.03 Å². The summed E-state index contributed by atoms with van der Waals surface area (Å²) < 4.78 is 10.9. The Balaban J connectivity index is 1.50. The van der Waals surface area contributed by atoms with Crippen molar-refractivity contribution in [2.24, 2.45) is 0 Å². The van der Waals surface area contributed by atoms with E-state index in [0.717, 1.165) is 10.4 Å². The Morgan fingerprint density at radius 2 is 1.88 bits per heavy atom. The fourth-order valence-corrected chi connectivity index (χ4v) is 4.49. The van der Waals surface area contributed by atoms with Crippen LogP contribution in [0.2, 0.25) is 5.02 Å². The molecular weight excluding hydrogens is 474 g/mol. The average Bonchev–Trinajstić information content (AvgIpc) is 3.48.